The molecule has 2 fully saturated rings. The van der Waals surface area contributed by atoms with Crippen molar-refractivity contribution in [2.24, 2.45) is 5.92 Å². The van der Waals surface area contributed by atoms with Crippen molar-refractivity contribution in [2.75, 3.05) is 18.5 Å². The van der Waals surface area contributed by atoms with Crippen LogP contribution in [0, 0.1) is 5.92 Å². The Labute approximate surface area is 288 Å². The van der Waals surface area contributed by atoms with Gasteiger partial charge in [0.1, 0.15) is 24.2 Å². The van der Waals surface area contributed by atoms with Gasteiger partial charge in [0, 0.05) is 18.0 Å². The number of alkyl carbamates (subject to hydrolysis) is 1. The van der Waals surface area contributed by atoms with Gasteiger partial charge in [-0.05, 0) is 50.2 Å². The summed E-state index contributed by atoms with van der Waals surface area (Å²) in [4.78, 5) is 68.3. The van der Waals surface area contributed by atoms with E-state index in [4.69, 9.17) is 9.47 Å². The fourth-order valence-electron chi connectivity index (χ4n) is 6.00. The van der Waals surface area contributed by atoms with Gasteiger partial charge in [0.15, 0.2) is 0 Å². The minimum atomic E-state index is -3.91. The molecule has 4 rings (SSSR count). The Hall–Kier alpha value is -4.14. The molecule has 49 heavy (non-hydrogen) atoms. The summed E-state index contributed by atoms with van der Waals surface area (Å²) >= 11 is 0. The van der Waals surface area contributed by atoms with Crippen LogP contribution in [0.3, 0.4) is 0 Å². The average molecular weight is 704 g/mol. The van der Waals surface area contributed by atoms with Crippen LogP contribution >= 0.6 is 0 Å². The van der Waals surface area contributed by atoms with Crippen molar-refractivity contribution in [1.82, 2.24) is 20.3 Å². The van der Waals surface area contributed by atoms with E-state index in [-0.39, 0.29) is 26.0 Å². The second-order valence-corrected chi connectivity index (χ2v) is 14.9. The molecule has 0 aromatic heterocycles. The Morgan fingerprint density at radius 2 is 1.84 bits per heavy atom. The first-order valence-electron chi connectivity index (χ1n) is 17.2. The topological polar surface area (TPSA) is 189 Å². The molecule has 3 aliphatic rings. The SMILES string of the molecule is C=C[C@H](C)C(NC(=O)[C@@H]1C[C@@H]2CN1C(=O)[C@H](CCCC)NC(=O)OCCCCCCc1ccccc1NC(=O)O2)C(=O)NS(=O)(=O)C1CC1. The van der Waals surface area contributed by atoms with Gasteiger partial charge in [-0.1, -0.05) is 63.8 Å². The van der Waals surface area contributed by atoms with Gasteiger partial charge in [-0.15, -0.1) is 6.58 Å². The molecule has 1 unspecified atom stereocenters. The summed E-state index contributed by atoms with van der Waals surface area (Å²) in [7, 11) is -3.91. The van der Waals surface area contributed by atoms with E-state index in [1.54, 1.807) is 19.1 Å². The highest BCUT2D eigenvalue weighted by atomic mass is 32.2. The molecule has 2 bridgehead atoms. The predicted molar refractivity (Wildman–Crippen MR) is 182 cm³/mol. The number of benzene rings is 1. The van der Waals surface area contributed by atoms with Crippen LogP contribution in [-0.2, 0) is 40.3 Å². The predicted octanol–water partition coefficient (Wildman–Crippen LogP) is 3.52. The van der Waals surface area contributed by atoms with Crippen LogP contribution in [0.2, 0.25) is 0 Å². The van der Waals surface area contributed by atoms with E-state index in [0.717, 1.165) is 31.2 Å². The molecule has 270 valence electrons. The summed E-state index contributed by atoms with van der Waals surface area (Å²) in [5.41, 5.74) is 1.52. The van der Waals surface area contributed by atoms with Crippen molar-refractivity contribution in [3.8, 4) is 0 Å². The van der Waals surface area contributed by atoms with Crippen LogP contribution < -0.4 is 20.7 Å². The molecule has 5 amide bonds. The number of carbonyl (C=O) groups excluding carboxylic acids is 5. The second-order valence-electron chi connectivity index (χ2n) is 13.0. The fraction of sp³-hybridized carbons (Fsp3) is 0.618. The highest BCUT2D eigenvalue weighted by molar-refractivity contribution is 7.90. The lowest BCUT2D eigenvalue weighted by molar-refractivity contribution is -0.141. The molecule has 15 heteroatoms. The Bertz CT molecular complexity index is 1480. The standard InChI is InChI=1S/C34H49N5O9S/c1-4-6-15-27-32(42)39-21-24(20-28(39)30(40)37-29(22(3)5-2)31(41)38-49(45,46)25-17-18-25)48-34(44)35-26-16-11-10-14-23(26)13-9-7-8-12-19-47-33(43)36-27/h5,10-11,14,16,22,24-25,27-29H,2,4,6-9,12-13,15,17-21H2,1,3H3,(H,35,44)(H,36,43)(H,37,40)(H,38,41)/t22-,24+,27-,28-,29?/m0/s1. The number of nitrogens with one attached hydrogen (secondary N) is 4. The Balaban J connectivity index is 1.60. The number of carbonyl (C=O) groups is 5. The minimum Gasteiger partial charge on any atom is -0.450 e. The second kappa shape index (κ2) is 17.5. The first kappa shape index (κ1) is 37.7. The number of cyclic esters (lactones) is 1. The van der Waals surface area contributed by atoms with E-state index in [9.17, 15) is 32.4 Å². The summed E-state index contributed by atoms with van der Waals surface area (Å²) < 4.78 is 38.3. The first-order valence-corrected chi connectivity index (χ1v) is 18.8. The number of rotatable bonds is 10. The third-order valence-corrected chi connectivity index (χ3v) is 10.9. The molecule has 0 radical (unpaired) electrons. The highest BCUT2D eigenvalue weighted by Gasteiger charge is 2.45. The zero-order chi connectivity index (χ0) is 35.6. The number of aryl methyl sites for hydroxylation is 1. The number of hydrogen-bond donors (Lipinski definition) is 4. The maximum atomic E-state index is 14.1. The Morgan fingerprint density at radius 3 is 2.55 bits per heavy atom. The summed E-state index contributed by atoms with van der Waals surface area (Å²) in [6, 6.07) is 3.82. The van der Waals surface area contributed by atoms with Crippen LogP contribution in [0.15, 0.2) is 36.9 Å². The van der Waals surface area contributed by atoms with Gasteiger partial charge in [0.25, 0.3) is 5.91 Å². The van der Waals surface area contributed by atoms with Gasteiger partial charge in [0.05, 0.1) is 18.4 Å². The third-order valence-electron chi connectivity index (χ3n) is 9.07. The number of hydrogen-bond acceptors (Lipinski definition) is 9. The number of para-hydroxylation sites is 1. The average Bonchev–Trinajstić information content (AvgIpc) is 3.85. The lowest BCUT2D eigenvalue weighted by Crippen LogP contribution is -2.58. The molecule has 1 saturated heterocycles. The monoisotopic (exact) mass is 703 g/mol. The maximum absolute atomic E-state index is 14.1. The van der Waals surface area contributed by atoms with Crippen LogP contribution in [-0.4, -0.2) is 85.9 Å². The van der Waals surface area contributed by atoms with E-state index in [1.165, 1.54) is 11.0 Å². The fourth-order valence-corrected chi connectivity index (χ4v) is 7.33. The van der Waals surface area contributed by atoms with E-state index in [0.29, 0.717) is 37.8 Å². The van der Waals surface area contributed by atoms with Gasteiger partial charge in [-0.3, -0.25) is 24.4 Å². The third kappa shape index (κ3) is 10.7. The smallest absolute Gasteiger partial charge is 0.411 e. The van der Waals surface area contributed by atoms with Crippen LogP contribution in [0.4, 0.5) is 15.3 Å². The van der Waals surface area contributed by atoms with E-state index in [2.05, 4.69) is 27.3 Å². The molecule has 1 saturated carbocycles. The van der Waals surface area contributed by atoms with E-state index < -0.39 is 75.3 Å². The summed E-state index contributed by atoms with van der Waals surface area (Å²) in [6.07, 6.45) is 5.32. The summed E-state index contributed by atoms with van der Waals surface area (Å²) in [5.74, 6) is -2.92. The summed E-state index contributed by atoms with van der Waals surface area (Å²) in [5, 5.41) is 7.42. The van der Waals surface area contributed by atoms with Crippen LogP contribution in [0.1, 0.15) is 83.6 Å². The molecular formula is C34H49N5O9S. The van der Waals surface area contributed by atoms with Gasteiger partial charge in [-0.2, -0.15) is 0 Å². The van der Waals surface area contributed by atoms with Crippen molar-refractivity contribution >= 4 is 45.6 Å². The van der Waals surface area contributed by atoms with Gasteiger partial charge in [0.2, 0.25) is 21.8 Å². The molecule has 5 atom stereocenters. The number of unbranched alkanes of at least 4 members (excludes halogenated alkanes) is 1. The molecule has 2 heterocycles. The van der Waals surface area contributed by atoms with E-state index in [1.807, 2.05) is 19.1 Å². The lowest BCUT2D eigenvalue weighted by atomic mass is 10.0. The molecule has 1 aromatic rings. The number of anilines is 1. The van der Waals surface area contributed by atoms with Crippen molar-refractivity contribution < 1.29 is 41.9 Å². The number of nitrogens with zero attached hydrogens (tertiary/aromatic N) is 1. The number of sulfonamides is 1. The van der Waals surface area contributed by atoms with Crippen molar-refractivity contribution in [1.29, 1.82) is 0 Å². The van der Waals surface area contributed by atoms with Gasteiger partial charge < -0.3 is 25.0 Å². The first-order chi connectivity index (χ1) is 23.4. The molecule has 0 spiro atoms. The van der Waals surface area contributed by atoms with Crippen molar-refractivity contribution in [3.05, 3.63) is 42.5 Å². The molecule has 4 N–H and O–H groups in total. The van der Waals surface area contributed by atoms with Crippen molar-refractivity contribution in [3.63, 3.8) is 0 Å². The number of fused-ring (bicyclic) bond motifs is 3. The molecule has 14 nitrogen and oxygen atoms in total. The minimum absolute atomic E-state index is 0.102. The number of ether oxygens (including phenoxy) is 2. The molecule has 1 aliphatic carbocycles. The number of amides is 5. The molecular weight excluding hydrogens is 654 g/mol. The normalized spacial score (nSPS) is 23.8. The van der Waals surface area contributed by atoms with Gasteiger partial charge in [-0.25, -0.2) is 18.0 Å². The quantitative estimate of drug-likeness (QED) is 0.264. The maximum Gasteiger partial charge on any atom is 0.411 e. The lowest BCUT2D eigenvalue weighted by Gasteiger charge is -2.30. The molecule has 2 aliphatic heterocycles. The largest absolute Gasteiger partial charge is 0.450 e. The van der Waals surface area contributed by atoms with Crippen LogP contribution in [0.25, 0.3) is 0 Å². The zero-order valence-electron chi connectivity index (χ0n) is 28.3. The highest BCUT2D eigenvalue weighted by Crippen LogP contribution is 2.28. The van der Waals surface area contributed by atoms with Crippen LogP contribution in [0.5, 0.6) is 0 Å². The van der Waals surface area contributed by atoms with Gasteiger partial charge >= 0.3 is 12.2 Å². The molecule has 1 aromatic carbocycles. The summed E-state index contributed by atoms with van der Waals surface area (Å²) in [6.45, 7) is 7.26. The Kier molecular flexibility index (Phi) is 13.5. The zero-order valence-corrected chi connectivity index (χ0v) is 29.1. The Morgan fingerprint density at radius 1 is 1.10 bits per heavy atom. The van der Waals surface area contributed by atoms with Crippen molar-refractivity contribution in [2.45, 2.75) is 114 Å². The van der Waals surface area contributed by atoms with E-state index >= 15 is 0 Å².